The van der Waals surface area contributed by atoms with Gasteiger partial charge in [0.1, 0.15) is 0 Å². The Morgan fingerprint density at radius 2 is 1.79 bits per heavy atom. The van der Waals surface area contributed by atoms with E-state index in [9.17, 15) is 18.4 Å². The lowest BCUT2D eigenvalue weighted by Crippen LogP contribution is -2.44. The third-order valence-electron chi connectivity index (χ3n) is 3.78. The summed E-state index contributed by atoms with van der Waals surface area (Å²) in [6.07, 6.45) is 0. The summed E-state index contributed by atoms with van der Waals surface area (Å²) < 4.78 is 33.9. The summed E-state index contributed by atoms with van der Waals surface area (Å²) in [7, 11) is 1.26. The van der Waals surface area contributed by atoms with Crippen molar-refractivity contribution < 1.29 is 27.8 Å². The SMILES string of the molecule is COc1cc(C(=O)NNC(=O)CNc2ccc(C)cc2C)ccc1OC(F)F. The smallest absolute Gasteiger partial charge is 0.387 e. The van der Waals surface area contributed by atoms with E-state index < -0.39 is 18.4 Å². The first-order valence-electron chi connectivity index (χ1n) is 8.33. The molecular weight excluding hydrogens is 372 g/mol. The van der Waals surface area contributed by atoms with Crippen LogP contribution < -0.4 is 25.6 Å². The lowest BCUT2D eigenvalue weighted by atomic mass is 10.1. The molecule has 0 aliphatic rings. The number of carbonyl (C=O) groups excluding carboxylic acids is 2. The molecule has 0 aliphatic heterocycles. The number of carbonyl (C=O) groups is 2. The zero-order chi connectivity index (χ0) is 20.7. The highest BCUT2D eigenvalue weighted by Crippen LogP contribution is 2.29. The number of rotatable bonds is 7. The molecule has 2 aromatic carbocycles. The minimum atomic E-state index is -3.02. The number of hydrogen-bond donors (Lipinski definition) is 3. The summed E-state index contributed by atoms with van der Waals surface area (Å²) in [5.41, 5.74) is 7.54. The molecule has 150 valence electrons. The predicted molar refractivity (Wildman–Crippen MR) is 99.6 cm³/mol. The lowest BCUT2D eigenvalue weighted by molar-refractivity contribution is -0.120. The molecule has 2 amide bonds. The average Bonchev–Trinajstić information content (AvgIpc) is 2.65. The lowest BCUT2D eigenvalue weighted by Gasteiger charge is -2.13. The van der Waals surface area contributed by atoms with Crippen molar-refractivity contribution in [3.05, 3.63) is 53.1 Å². The number of ether oxygens (including phenoxy) is 2. The second-order valence-electron chi connectivity index (χ2n) is 5.92. The fourth-order valence-electron chi connectivity index (χ4n) is 2.43. The Labute approximate surface area is 161 Å². The Kier molecular flexibility index (Phi) is 7.14. The highest BCUT2D eigenvalue weighted by Gasteiger charge is 2.14. The Hall–Kier alpha value is -3.36. The number of halogens is 2. The summed E-state index contributed by atoms with van der Waals surface area (Å²) >= 11 is 0. The van der Waals surface area contributed by atoms with Crippen LogP contribution >= 0.6 is 0 Å². The Morgan fingerprint density at radius 1 is 1.04 bits per heavy atom. The molecule has 0 unspecified atom stereocenters. The summed E-state index contributed by atoms with van der Waals surface area (Å²) in [5, 5.41) is 2.98. The molecule has 9 heteroatoms. The van der Waals surface area contributed by atoms with Gasteiger partial charge in [0.2, 0.25) is 0 Å². The van der Waals surface area contributed by atoms with Gasteiger partial charge in [-0.2, -0.15) is 8.78 Å². The fraction of sp³-hybridized carbons (Fsp3) is 0.263. The standard InChI is InChI=1S/C19H21F2N3O4/c1-11-4-6-14(12(2)8-11)22-10-17(25)23-24-18(26)13-5-7-15(28-19(20)21)16(9-13)27-3/h4-9,19,22H,10H2,1-3H3,(H,23,25)(H,24,26). The minimum absolute atomic E-state index is 0.0317. The molecule has 0 aliphatic carbocycles. The van der Waals surface area contributed by atoms with Crippen LogP contribution in [0.15, 0.2) is 36.4 Å². The van der Waals surface area contributed by atoms with Crippen molar-refractivity contribution >= 4 is 17.5 Å². The number of methoxy groups -OCH3 is 1. The summed E-state index contributed by atoms with van der Waals surface area (Å²) in [6, 6.07) is 9.46. The van der Waals surface area contributed by atoms with E-state index in [1.807, 2.05) is 32.0 Å². The molecular formula is C19H21F2N3O4. The Morgan fingerprint density at radius 3 is 2.43 bits per heavy atom. The number of benzene rings is 2. The molecule has 0 bridgehead atoms. The zero-order valence-corrected chi connectivity index (χ0v) is 15.6. The number of hydrogen-bond acceptors (Lipinski definition) is 5. The molecule has 2 rings (SSSR count). The molecule has 0 radical (unpaired) electrons. The molecule has 7 nitrogen and oxygen atoms in total. The highest BCUT2D eigenvalue weighted by atomic mass is 19.3. The van der Waals surface area contributed by atoms with Crippen LogP contribution in [0.3, 0.4) is 0 Å². The van der Waals surface area contributed by atoms with Gasteiger partial charge >= 0.3 is 6.61 Å². The van der Waals surface area contributed by atoms with E-state index in [0.29, 0.717) is 0 Å². The topological polar surface area (TPSA) is 88.7 Å². The molecule has 0 saturated heterocycles. The van der Waals surface area contributed by atoms with Crippen LogP contribution in [-0.2, 0) is 4.79 Å². The van der Waals surface area contributed by atoms with E-state index in [1.165, 1.54) is 25.3 Å². The predicted octanol–water partition coefficient (Wildman–Crippen LogP) is 2.79. The van der Waals surface area contributed by atoms with Gasteiger partial charge in [-0.05, 0) is 43.7 Å². The third-order valence-corrected chi connectivity index (χ3v) is 3.78. The van der Waals surface area contributed by atoms with Gasteiger partial charge in [-0.25, -0.2) is 0 Å². The van der Waals surface area contributed by atoms with Gasteiger partial charge in [-0.3, -0.25) is 20.4 Å². The number of hydrazine groups is 1. The van der Waals surface area contributed by atoms with E-state index in [4.69, 9.17) is 4.74 Å². The van der Waals surface area contributed by atoms with Crippen molar-refractivity contribution in [3.63, 3.8) is 0 Å². The Bertz CT molecular complexity index is 859. The normalized spacial score (nSPS) is 10.4. The second kappa shape index (κ2) is 9.54. The van der Waals surface area contributed by atoms with Crippen molar-refractivity contribution in [3.8, 4) is 11.5 Å². The first-order valence-corrected chi connectivity index (χ1v) is 8.33. The number of alkyl halides is 2. The average molecular weight is 393 g/mol. The van der Waals surface area contributed by atoms with E-state index >= 15 is 0 Å². The minimum Gasteiger partial charge on any atom is -0.493 e. The second-order valence-corrected chi connectivity index (χ2v) is 5.92. The summed E-state index contributed by atoms with van der Waals surface area (Å²) in [4.78, 5) is 24.0. The van der Waals surface area contributed by atoms with E-state index in [2.05, 4.69) is 20.9 Å². The quantitative estimate of drug-likeness (QED) is 0.630. The van der Waals surface area contributed by atoms with Gasteiger partial charge in [0, 0.05) is 11.3 Å². The van der Waals surface area contributed by atoms with Gasteiger partial charge in [0.25, 0.3) is 11.8 Å². The molecule has 0 saturated carbocycles. The van der Waals surface area contributed by atoms with Crippen molar-refractivity contribution in [2.75, 3.05) is 19.0 Å². The zero-order valence-electron chi connectivity index (χ0n) is 15.6. The van der Waals surface area contributed by atoms with Gasteiger partial charge < -0.3 is 14.8 Å². The monoisotopic (exact) mass is 393 g/mol. The molecule has 28 heavy (non-hydrogen) atoms. The third kappa shape index (κ3) is 5.83. The number of amides is 2. The molecule has 0 heterocycles. The van der Waals surface area contributed by atoms with Crippen LogP contribution in [0.2, 0.25) is 0 Å². The van der Waals surface area contributed by atoms with Crippen molar-refractivity contribution in [1.82, 2.24) is 10.9 Å². The number of anilines is 1. The maximum absolute atomic E-state index is 12.3. The van der Waals surface area contributed by atoms with E-state index in [-0.39, 0.29) is 23.6 Å². The summed E-state index contributed by atoms with van der Waals surface area (Å²) in [6.45, 7) is 0.830. The largest absolute Gasteiger partial charge is 0.493 e. The molecule has 0 fully saturated rings. The molecule has 3 N–H and O–H groups in total. The molecule has 0 atom stereocenters. The molecule has 0 spiro atoms. The number of nitrogens with one attached hydrogen (secondary N) is 3. The Balaban J connectivity index is 1.89. The molecule has 2 aromatic rings. The van der Waals surface area contributed by atoms with Crippen molar-refractivity contribution in [2.24, 2.45) is 0 Å². The molecule has 0 aromatic heterocycles. The fourth-order valence-corrected chi connectivity index (χ4v) is 2.43. The van der Waals surface area contributed by atoms with Crippen LogP contribution in [0, 0.1) is 13.8 Å². The maximum Gasteiger partial charge on any atom is 0.387 e. The summed E-state index contributed by atoms with van der Waals surface area (Å²) in [5.74, 6) is -1.33. The van der Waals surface area contributed by atoms with Gasteiger partial charge in [0.05, 0.1) is 13.7 Å². The van der Waals surface area contributed by atoms with Crippen LogP contribution in [0.5, 0.6) is 11.5 Å². The van der Waals surface area contributed by atoms with Gasteiger partial charge in [-0.1, -0.05) is 17.7 Å². The van der Waals surface area contributed by atoms with Crippen molar-refractivity contribution in [1.29, 1.82) is 0 Å². The number of aryl methyl sites for hydroxylation is 2. The highest BCUT2D eigenvalue weighted by molar-refractivity contribution is 5.96. The van der Waals surface area contributed by atoms with Crippen LogP contribution in [0.1, 0.15) is 21.5 Å². The van der Waals surface area contributed by atoms with E-state index in [0.717, 1.165) is 16.8 Å². The van der Waals surface area contributed by atoms with Crippen molar-refractivity contribution in [2.45, 2.75) is 20.5 Å². The first kappa shape index (κ1) is 20.9. The van der Waals surface area contributed by atoms with Crippen LogP contribution in [-0.4, -0.2) is 32.1 Å². The van der Waals surface area contributed by atoms with Gasteiger partial charge in [-0.15, -0.1) is 0 Å². The first-order chi connectivity index (χ1) is 13.3. The van der Waals surface area contributed by atoms with Crippen LogP contribution in [0.4, 0.5) is 14.5 Å². The van der Waals surface area contributed by atoms with Crippen LogP contribution in [0.25, 0.3) is 0 Å². The maximum atomic E-state index is 12.3. The van der Waals surface area contributed by atoms with Gasteiger partial charge in [0.15, 0.2) is 11.5 Å². The van der Waals surface area contributed by atoms with E-state index in [1.54, 1.807) is 0 Å².